The van der Waals surface area contributed by atoms with Gasteiger partial charge in [0.05, 0.1) is 5.69 Å². The average Bonchev–Trinajstić information content (AvgIpc) is 2.80. The van der Waals surface area contributed by atoms with Crippen molar-refractivity contribution in [1.29, 1.82) is 0 Å². The summed E-state index contributed by atoms with van der Waals surface area (Å²) in [6.07, 6.45) is 0.119. The summed E-state index contributed by atoms with van der Waals surface area (Å²) < 4.78 is 0. The van der Waals surface area contributed by atoms with Crippen molar-refractivity contribution in [3.8, 4) is 0 Å². The number of benzene rings is 2. The maximum atomic E-state index is 12.8. The number of para-hydroxylation sites is 1. The molecule has 23 heavy (non-hydrogen) atoms. The quantitative estimate of drug-likeness (QED) is 0.645. The van der Waals surface area contributed by atoms with Crippen LogP contribution < -0.4 is 4.90 Å². The summed E-state index contributed by atoms with van der Waals surface area (Å²) in [5.74, 6) is -0.0246. The van der Waals surface area contributed by atoms with Crippen LogP contribution in [0.5, 0.6) is 0 Å². The van der Waals surface area contributed by atoms with Gasteiger partial charge in [-0.15, -0.1) is 0 Å². The zero-order valence-corrected chi connectivity index (χ0v) is 13.3. The number of rotatable bonds is 1. The second-order valence-electron chi connectivity index (χ2n) is 5.99. The van der Waals surface area contributed by atoms with Crippen molar-refractivity contribution >= 4 is 34.6 Å². The molecule has 0 saturated carbocycles. The van der Waals surface area contributed by atoms with E-state index in [1.165, 1.54) is 0 Å². The van der Waals surface area contributed by atoms with Gasteiger partial charge in [-0.25, -0.2) is 4.99 Å². The van der Waals surface area contributed by atoms with Crippen molar-refractivity contribution in [2.45, 2.75) is 24.4 Å². The molecule has 2 atom stereocenters. The average molecular weight is 327 g/mol. The highest BCUT2D eigenvalue weighted by molar-refractivity contribution is 6.34. The summed E-state index contributed by atoms with van der Waals surface area (Å²) in [4.78, 5) is 19.1. The van der Waals surface area contributed by atoms with Crippen LogP contribution in [-0.2, 0) is 0 Å². The zero-order valence-electron chi connectivity index (χ0n) is 12.5. The highest BCUT2D eigenvalue weighted by Crippen LogP contribution is 2.43. The Hall–Kier alpha value is -2.17. The number of alkyl halides is 1. The van der Waals surface area contributed by atoms with Crippen LogP contribution in [0.1, 0.15) is 22.3 Å². The van der Waals surface area contributed by atoms with Gasteiger partial charge in [0, 0.05) is 17.7 Å². The van der Waals surface area contributed by atoms with Crippen molar-refractivity contribution in [2.75, 3.05) is 4.90 Å². The number of carbonyl (C=O) groups excluding carboxylic acids is 1. The summed E-state index contributed by atoms with van der Waals surface area (Å²) in [5, 5.41) is 11.0. The molecule has 0 amide bonds. The molecule has 2 aliphatic heterocycles. The van der Waals surface area contributed by atoms with Gasteiger partial charge in [0.2, 0.25) is 5.78 Å². The lowest BCUT2D eigenvalue weighted by Crippen LogP contribution is -2.48. The Morgan fingerprint density at radius 3 is 2.65 bits per heavy atom. The summed E-state index contributed by atoms with van der Waals surface area (Å²) in [6.45, 7) is 2.00. The van der Waals surface area contributed by atoms with E-state index < -0.39 is 11.1 Å². The monoisotopic (exact) mass is 326 g/mol. The summed E-state index contributed by atoms with van der Waals surface area (Å²) in [6, 6.07) is 14.8. The second kappa shape index (κ2) is 4.91. The third-order valence-electron chi connectivity index (χ3n) is 4.40. The molecule has 1 unspecified atom stereocenters. The van der Waals surface area contributed by atoms with E-state index >= 15 is 0 Å². The molecule has 2 heterocycles. The predicted molar refractivity (Wildman–Crippen MR) is 90.7 cm³/mol. The van der Waals surface area contributed by atoms with Crippen molar-refractivity contribution in [3.05, 3.63) is 59.7 Å². The fourth-order valence-corrected chi connectivity index (χ4v) is 3.62. The number of Topliss-reactive ketones (excluding diaryl/α,β-unsaturated/α-hetero) is 1. The molecular formula is C18H15ClN2O2. The van der Waals surface area contributed by atoms with E-state index in [1.54, 1.807) is 23.1 Å². The molecule has 0 radical (unpaired) electrons. The van der Waals surface area contributed by atoms with Crippen LogP contribution in [0, 0.1) is 6.92 Å². The van der Waals surface area contributed by atoms with Gasteiger partial charge < -0.3 is 10.0 Å². The van der Waals surface area contributed by atoms with Gasteiger partial charge in [-0.2, -0.15) is 0 Å². The van der Waals surface area contributed by atoms with E-state index in [0.29, 0.717) is 17.1 Å². The summed E-state index contributed by atoms with van der Waals surface area (Å²) >= 11 is 6.46. The van der Waals surface area contributed by atoms with Crippen molar-refractivity contribution in [2.24, 2.45) is 4.99 Å². The number of aryl methyl sites for hydroxylation is 1. The first-order valence-corrected chi connectivity index (χ1v) is 7.90. The number of hydrogen-bond donors (Lipinski definition) is 1. The van der Waals surface area contributed by atoms with Crippen LogP contribution in [0.3, 0.4) is 0 Å². The van der Waals surface area contributed by atoms with Crippen LogP contribution >= 0.6 is 11.6 Å². The lowest BCUT2D eigenvalue weighted by Gasteiger charge is -2.29. The van der Waals surface area contributed by atoms with Gasteiger partial charge in [-0.3, -0.25) is 4.79 Å². The maximum absolute atomic E-state index is 12.8. The fourth-order valence-electron chi connectivity index (χ4n) is 3.19. The predicted octanol–water partition coefficient (Wildman–Crippen LogP) is 3.43. The number of aliphatic hydroxyl groups is 1. The number of halogens is 1. The molecule has 5 heteroatoms. The Kier molecular flexibility index (Phi) is 3.08. The normalized spacial score (nSPS) is 25.9. The first kappa shape index (κ1) is 14.4. The van der Waals surface area contributed by atoms with E-state index in [-0.39, 0.29) is 12.2 Å². The van der Waals surface area contributed by atoms with E-state index in [1.807, 2.05) is 37.3 Å². The van der Waals surface area contributed by atoms with Gasteiger partial charge >= 0.3 is 0 Å². The lowest BCUT2D eigenvalue weighted by atomic mass is 9.87. The number of anilines is 1. The molecule has 2 aromatic rings. The van der Waals surface area contributed by atoms with Crippen LogP contribution in [-0.4, -0.2) is 27.8 Å². The molecule has 4 nitrogen and oxygen atoms in total. The van der Waals surface area contributed by atoms with Crippen LogP contribution in [0.4, 0.5) is 11.4 Å². The molecular weight excluding hydrogens is 312 g/mol. The van der Waals surface area contributed by atoms with Crippen LogP contribution in [0.25, 0.3) is 0 Å². The minimum atomic E-state index is -1.66. The largest absolute Gasteiger partial charge is 0.374 e. The number of nitrogens with zero attached hydrogens (tertiary/aromatic N) is 2. The van der Waals surface area contributed by atoms with E-state index in [9.17, 15) is 9.90 Å². The Labute approximate surface area is 139 Å². The highest BCUT2D eigenvalue weighted by Gasteiger charge is 2.55. The van der Waals surface area contributed by atoms with E-state index in [2.05, 4.69) is 4.99 Å². The van der Waals surface area contributed by atoms with Crippen molar-refractivity contribution in [3.63, 3.8) is 0 Å². The molecule has 1 N–H and O–H groups in total. The molecule has 0 bridgehead atoms. The molecule has 4 rings (SSSR count). The number of amidine groups is 1. The van der Waals surface area contributed by atoms with Crippen molar-refractivity contribution < 1.29 is 9.90 Å². The van der Waals surface area contributed by atoms with Gasteiger partial charge in [-0.1, -0.05) is 41.4 Å². The highest BCUT2D eigenvalue weighted by atomic mass is 35.5. The lowest BCUT2D eigenvalue weighted by molar-refractivity contribution is 0.0597. The second-order valence-corrected chi connectivity index (χ2v) is 6.49. The van der Waals surface area contributed by atoms with E-state index in [0.717, 1.165) is 11.3 Å². The third kappa shape index (κ3) is 2.02. The molecule has 0 spiro atoms. The first-order valence-electron chi connectivity index (χ1n) is 7.46. The van der Waals surface area contributed by atoms with Gasteiger partial charge in [0.1, 0.15) is 5.50 Å². The molecule has 0 aliphatic carbocycles. The Morgan fingerprint density at radius 1 is 1.22 bits per heavy atom. The Balaban J connectivity index is 1.89. The molecule has 1 saturated heterocycles. The molecule has 116 valence electrons. The molecule has 2 aliphatic rings. The third-order valence-corrected chi connectivity index (χ3v) is 4.75. The summed E-state index contributed by atoms with van der Waals surface area (Å²) in [5.41, 5.74) is 0.762. The topological polar surface area (TPSA) is 52.9 Å². The minimum Gasteiger partial charge on any atom is -0.374 e. The summed E-state index contributed by atoms with van der Waals surface area (Å²) in [7, 11) is 0. The maximum Gasteiger partial charge on any atom is 0.204 e. The Bertz CT molecular complexity index is 831. The van der Waals surface area contributed by atoms with Gasteiger partial charge in [0.15, 0.2) is 11.4 Å². The van der Waals surface area contributed by atoms with Crippen LogP contribution in [0.15, 0.2) is 53.5 Å². The zero-order chi connectivity index (χ0) is 16.2. The number of carbonyl (C=O) groups is 1. The van der Waals surface area contributed by atoms with Gasteiger partial charge in [-0.05, 0) is 31.2 Å². The Morgan fingerprint density at radius 2 is 1.91 bits per heavy atom. The number of aliphatic imine (C=N–C) groups is 1. The standard InChI is InChI=1S/C18H15ClN2O2/c1-11-6-8-12(9-7-11)21-15(19)10-18(23)16(22)13-4-2-3-5-14(13)20-17(18)21/h2-9,15,23H,10H2,1H3/t15-,18?/m1/s1. The van der Waals surface area contributed by atoms with Gasteiger partial charge in [0.25, 0.3) is 0 Å². The number of ketones is 1. The molecule has 0 aromatic heterocycles. The first-order chi connectivity index (χ1) is 11.0. The van der Waals surface area contributed by atoms with Crippen LogP contribution in [0.2, 0.25) is 0 Å². The SMILES string of the molecule is Cc1ccc(N2C3=Nc4ccccc4C(=O)C3(O)C[C@@H]2Cl)cc1. The van der Waals surface area contributed by atoms with E-state index in [4.69, 9.17) is 11.6 Å². The number of fused-ring (bicyclic) bond motifs is 2. The smallest absolute Gasteiger partial charge is 0.204 e. The molecule has 2 aromatic carbocycles. The van der Waals surface area contributed by atoms with Crippen molar-refractivity contribution in [1.82, 2.24) is 0 Å². The minimum absolute atomic E-state index is 0.119. The fraction of sp³-hybridized carbons (Fsp3) is 0.222. The number of hydrogen-bond acceptors (Lipinski definition) is 4. The molecule has 1 fully saturated rings.